The Morgan fingerprint density at radius 3 is 2.19 bits per heavy atom. The zero-order valence-electron chi connectivity index (χ0n) is 11.9. The van der Waals surface area contributed by atoms with Gasteiger partial charge in [0.2, 0.25) is 0 Å². The summed E-state index contributed by atoms with van der Waals surface area (Å²) in [5, 5.41) is 4.96. The van der Waals surface area contributed by atoms with Crippen LogP contribution >= 0.6 is 0 Å². The van der Waals surface area contributed by atoms with Gasteiger partial charge in [-0.05, 0) is 57.3 Å². The minimum atomic E-state index is 1.13. The highest BCUT2D eigenvalue weighted by Gasteiger charge is 2.08. The predicted octanol–water partition coefficient (Wildman–Crippen LogP) is 5.57. The van der Waals surface area contributed by atoms with Gasteiger partial charge in [0.15, 0.2) is 0 Å². The average molecular weight is 266 g/mol. The maximum Gasteiger partial charge on any atom is -0.00113 e. The second kappa shape index (κ2) is 4.75. The minimum Gasteiger partial charge on any atom is -0.0616 e. The van der Waals surface area contributed by atoms with Gasteiger partial charge in [0, 0.05) is 0 Å². The Kier molecular flexibility index (Phi) is 2.75. The summed E-state index contributed by atoms with van der Waals surface area (Å²) in [6.45, 7) is 2.10. The molecule has 0 amide bonds. The topological polar surface area (TPSA) is 0 Å². The van der Waals surface area contributed by atoms with Crippen molar-refractivity contribution in [3.63, 3.8) is 0 Å². The molecule has 0 fully saturated rings. The third-order valence-electron chi connectivity index (χ3n) is 3.89. The Hall–Kier alpha value is -2.60. The largest absolute Gasteiger partial charge is 0.0616 e. The number of benzene rings is 4. The summed E-state index contributed by atoms with van der Waals surface area (Å²) in [5.74, 6) is 0. The number of aryl methyl sites for hydroxylation is 1. The summed E-state index contributed by atoms with van der Waals surface area (Å²) in [6, 6.07) is 30.2. The van der Waals surface area contributed by atoms with Crippen LogP contribution in [0.2, 0.25) is 0 Å². The fourth-order valence-corrected chi connectivity index (χ4v) is 2.95. The van der Waals surface area contributed by atoms with Crippen molar-refractivity contribution in [1.82, 2.24) is 0 Å². The fraction of sp³-hybridized carbons (Fsp3) is 0.0476. The quantitative estimate of drug-likeness (QED) is 0.422. The van der Waals surface area contributed by atoms with Crippen LogP contribution in [0.5, 0.6) is 0 Å². The molecule has 4 rings (SSSR count). The van der Waals surface area contributed by atoms with Crippen LogP contribution in [0, 0.1) is 19.1 Å². The summed E-state index contributed by atoms with van der Waals surface area (Å²) in [5.41, 5.74) is 3.43. The lowest BCUT2D eigenvalue weighted by Crippen LogP contribution is -1.86. The first-order valence-corrected chi connectivity index (χ1v) is 7.14. The lowest BCUT2D eigenvalue weighted by atomic mass is 9.92. The molecule has 0 saturated carbocycles. The molecule has 0 spiro atoms. The van der Waals surface area contributed by atoms with Gasteiger partial charge < -0.3 is 0 Å². The second-order valence-corrected chi connectivity index (χ2v) is 5.35. The van der Waals surface area contributed by atoms with Crippen LogP contribution in [0.25, 0.3) is 32.7 Å². The van der Waals surface area contributed by atoms with Gasteiger partial charge in [-0.15, -0.1) is 0 Å². The molecule has 4 aromatic rings. The molecule has 0 N–H and O–H groups in total. The van der Waals surface area contributed by atoms with Gasteiger partial charge in [-0.2, -0.15) is 0 Å². The molecule has 0 aromatic heterocycles. The van der Waals surface area contributed by atoms with Crippen molar-refractivity contribution in [2.45, 2.75) is 6.92 Å². The summed E-state index contributed by atoms with van der Waals surface area (Å²) in [4.78, 5) is 0. The van der Waals surface area contributed by atoms with Crippen LogP contribution < -0.4 is 0 Å². The van der Waals surface area contributed by atoms with Gasteiger partial charge in [0.05, 0.1) is 0 Å². The summed E-state index contributed by atoms with van der Waals surface area (Å²) in [7, 11) is 0. The minimum absolute atomic E-state index is 1.13. The van der Waals surface area contributed by atoms with E-state index in [0.29, 0.717) is 0 Å². The Balaban J connectivity index is 2.14. The monoisotopic (exact) mass is 266 g/mol. The fourth-order valence-electron chi connectivity index (χ4n) is 2.95. The van der Waals surface area contributed by atoms with Crippen LogP contribution in [-0.4, -0.2) is 0 Å². The molecule has 0 atom stereocenters. The Morgan fingerprint density at radius 2 is 1.38 bits per heavy atom. The van der Waals surface area contributed by atoms with Crippen molar-refractivity contribution >= 4 is 21.5 Å². The molecule has 21 heavy (non-hydrogen) atoms. The van der Waals surface area contributed by atoms with Gasteiger partial charge in [0.1, 0.15) is 0 Å². The highest BCUT2D eigenvalue weighted by Crippen LogP contribution is 2.33. The molecular weight excluding hydrogens is 252 g/mol. The molecule has 0 unspecified atom stereocenters. The maximum absolute atomic E-state index is 3.53. The molecule has 0 bridgehead atoms. The van der Waals surface area contributed by atoms with Gasteiger partial charge >= 0.3 is 0 Å². The normalized spacial score (nSPS) is 11.1. The van der Waals surface area contributed by atoms with E-state index in [9.17, 15) is 0 Å². The van der Waals surface area contributed by atoms with Crippen molar-refractivity contribution < 1.29 is 0 Å². The predicted molar refractivity (Wildman–Crippen MR) is 89.3 cm³/mol. The van der Waals surface area contributed by atoms with E-state index in [4.69, 9.17) is 0 Å². The summed E-state index contributed by atoms with van der Waals surface area (Å²) in [6.07, 6.45) is 0. The molecule has 4 aromatic carbocycles. The van der Waals surface area contributed by atoms with Crippen molar-refractivity contribution in [3.8, 4) is 11.1 Å². The molecule has 0 aliphatic carbocycles. The smallest absolute Gasteiger partial charge is 0.00113 e. The zero-order valence-corrected chi connectivity index (χ0v) is 11.9. The Bertz CT molecular complexity index is 943. The molecule has 98 valence electrons. The van der Waals surface area contributed by atoms with Crippen LogP contribution in [-0.2, 0) is 0 Å². The molecule has 0 heterocycles. The van der Waals surface area contributed by atoms with E-state index in [1.807, 2.05) is 6.07 Å². The highest BCUT2D eigenvalue weighted by molar-refractivity contribution is 6.05. The van der Waals surface area contributed by atoms with Crippen molar-refractivity contribution in [2.24, 2.45) is 0 Å². The Labute approximate surface area is 124 Å². The van der Waals surface area contributed by atoms with Crippen LogP contribution in [0.1, 0.15) is 5.56 Å². The lowest BCUT2D eigenvalue weighted by Gasteiger charge is -2.11. The van der Waals surface area contributed by atoms with Gasteiger partial charge in [-0.3, -0.25) is 0 Å². The van der Waals surface area contributed by atoms with Crippen LogP contribution in [0.4, 0.5) is 0 Å². The molecule has 0 aliphatic heterocycles. The van der Waals surface area contributed by atoms with Gasteiger partial charge in [-0.1, -0.05) is 66.7 Å². The molecule has 0 heteroatoms. The van der Waals surface area contributed by atoms with E-state index in [1.54, 1.807) is 0 Å². The lowest BCUT2D eigenvalue weighted by molar-refractivity contribution is 1.49. The Morgan fingerprint density at radius 1 is 0.714 bits per heavy atom. The summed E-state index contributed by atoms with van der Waals surface area (Å²) < 4.78 is 0. The van der Waals surface area contributed by atoms with Crippen molar-refractivity contribution in [1.29, 1.82) is 0 Å². The molecule has 0 nitrogen and oxygen atoms in total. The molecule has 2 radical (unpaired) electrons. The van der Waals surface area contributed by atoms with Crippen LogP contribution in [0.15, 0.2) is 66.7 Å². The number of fused-ring (bicyclic) bond motifs is 2. The van der Waals surface area contributed by atoms with E-state index < -0.39 is 0 Å². The number of rotatable bonds is 1. The van der Waals surface area contributed by atoms with Crippen LogP contribution in [0.3, 0.4) is 0 Å². The summed E-state index contributed by atoms with van der Waals surface area (Å²) >= 11 is 0. The first-order chi connectivity index (χ1) is 10.3. The third-order valence-corrected chi connectivity index (χ3v) is 3.89. The first-order valence-electron chi connectivity index (χ1n) is 7.14. The van der Waals surface area contributed by atoms with E-state index in [0.717, 1.165) is 16.7 Å². The van der Waals surface area contributed by atoms with E-state index in [2.05, 4.69) is 79.7 Å². The van der Waals surface area contributed by atoms with E-state index in [1.165, 1.54) is 21.5 Å². The highest BCUT2D eigenvalue weighted by atomic mass is 14.1. The standard InChI is InChI=1S/C21H14/c1-15-13-17-8-3-5-11-19(17)21(14-15)20-12-6-9-16-7-2-4-10-18(16)20/h2-11,13H,1H3. The van der Waals surface area contributed by atoms with Crippen molar-refractivity contribution in [3.05, 3.63) is 84.4 Å². The maximum atomic E-state index is 3.53. The average Bonchev–Trinajstić information content (AvgIpc) is 2.53. The number of hydrogen-bond acceptors (Lipinski definition) is 0. The molecular formula is C21H14. The van der Waals surface area contributed by atoms with Crippen molar-refractivity contribution in [2.75, 3.05) is 0 Å². The van der Waals surface area contributed by atoms with Gasteiger partial charge in [-0.25, -0.2) is 0 Å². The zero-order chi connectivity index (χ0) is 14.2. The SMILES string of the molecule is Cc1[c]c(-c2[c]ccc3ccccc23)c2ccccc2c1. The molecule has 0 aliphatic rings. The second-order valence-electron chi connectivity index (χ2n) is 5.35. The van der Waals surface area contributed by atoms with E-state index in [-0.39, 0.29) is 0 Å². The molecule has 0 saturated heterocycles. The third kappa shape index (κ3) is 2.00. The van der Waals surface area contributed by atoms with E-state index >= 15 is 0 Å². The number of hydrogen-bond donors (Lipinski definition) is 0. The first kappa shape index (κ1) is 12.2. The van der Waals surface area contributed by atoms with Gasteiger partial charge in [0.25, 0.3) is 0 Å².